The Hall–Kier alpha value is -2.38. The van der Waals surface area contributed by atoms with Crippen LogP contribution < -0.4 is 10.1 Å². The van der Waals surface area contributed by atoms with Crippen LogP contribution in [0.5, 0.6) is 5.75 Å². The molecule has 1 aliphatic heterocycles. The van der Waals surface area contributed by atoms with Crippen LogP contribution in [-0.4, -0.2) is 68.0 Å². The number of piperazine rings is 1. The smallest absolute Gasteiger partial charge is 0.264 e. The van der Waals surface area contributed by atoms with Crippen molar-refractivity contribution in [2.75, 3.05) is 46.4 Å². The quantitative estimate of drug-likeness (QED) is 0.737. The predicted octanol–water partition coefficient (Wildman–Crippen LogP) is 2.26. The Kier molecular flexibility index (Phi) is 7.45. The van der Waals surface area contributed by atoms with Crippen LogP contribution in [0, 0.1) is 0 Å². The van der Waals surface area contributed by atoms with Gasteiger partial charge >= 0.3 is 0 Å². The van der Waals surface area contributed by atoms with E-state index in [2.05, 4.69) is 10.2 Å². The summed E-state index contributed by atoms with van der Waals surface area (Å²) in [6.07, 6.45) is 1.20. The Balaban J connectivity index is 1.30. The van der Waals surface area contributed by atoms with Gasteiger partial charge < -0.3 is 15.0 Å². The molecule has 1 N–H and O–H groups in total. The van der Waals surface area contributed by atoms with Crippen molar-refractivity contribution in [3.8, 4) is 5.75 Å². The molecule has 3 rings (SSSR count). The van der Waals surface area contributed by atoms with E-state index in [0.29, 0.717) is 13.0 Å². The fourth-order valence-electron chi connectivity index (χ4n) is 3.22. The Bertz CT molecular complexity index is 754. The van der Waals surface area contributed by atoms with Gasteiger partial charge in [0.05, 0.1) is 12.0 Å². The molecule has 2 amide bonds. The van der Waals surface area contributed by atoms with Gasteiger partial charge in [-0.3, -0.25) is 14.5 Å². The largest absolute Gasteiger partial charge is 0.497 e. The van der Waals surface area contributed by atoms with Gasteiger partial charge in [-0.25, -0.2) is 0 Å². The van der Waals surface area contributed by atoms with Crippen LogP contribution in [0.15, 0.2) is 41.8 Å². The van der Waals surface area contributed by atoms with Gasteiger partial charge in [0.15, 0.2) is 0 Å². The maximum absolute atomic E-state index is 12.3. The third kappa shape index (κ3) is 5.81. The van der Waals surface area contributed by atoms with E-state index in [0.717, 1.165) is 55.3 Å². The fourth-order valence-corrected chi connectivity index (χ4v) is 3.91. The van der Waals surface area contributed by atoms with Crippen LogP contribution in [-0.2, 0) is 11.2 Å². The minimum Gasteiger partial charge on any atom is -0.497 e. The zero-order valence-electron chi connectivity index (χ0n) is 16.2. The van der Waals surface area contributed by atoms with Gasteiger partial charge in [0.25, 0.3) is 5.91 Å². The number of nitrogens with zero attached hydrogens (tertiary/aromatic N) is 2. The molecule has 0 bridgehead atoms. The summed E-state index contributed by atoms with van der Waals surface area (Å²) in [6.45, 7) is 4.62. The van der Waals surface area contributed by atoms with Crippen molar-refractivity contribution in [2.45, 2.75) is 12.8 Å². The SMILES string of the molecule is COc1ccc(CCC(=O)NCCN2CCN(C(=O)c3cccs3)CC2)cc1. The van der Waals surface area contributed by atoms with Crippen molar-refractivity contribution in [2.24, 2.45) is 0 Å². The molecule has 0 atom stereocenters. The van der Waals surface area contributed by atoms with E-state index < -0.39 is 0 Å². The number of aryl methyl sites for hydroxylation is 1. The summed E-state index contributed by atoms with van der Waals surface area (Å²) in [5.41, 5.74) is 1.13. The molecule has 1 aromatic carbocycles. The second-order valence-electron chi connectivity index (χ2n) is 6.81. The monoisotopic (exact) mass is 401 g/mol. The lowest BCUT2D eigenvalue weighted by Crippen LogP contribution is -2.50. The van der Waals surface area contributed by atoms with Crippen molar-refractivity contribution in [1.29, 1.82) is 0 Å². The molecular weight excluding hydrogens is 374 g/mol. The third-order valence-electron chi connectivity index (χ3n) is 4.94. The number of nitrogens with one attached hydrogen (secondary N) is 1. The van der Waals surface area contributed by atoms with Crippen LogP contribution in [0.4, 0.5) is 0 Å². The van der Waals surface area contributed by atoms with Crippen LogP contribution in [0.1, 0.15) is 21.7 Å². The number of thiophene rings is 1. The maximum atomic E-state index is 12.3. The highest BCUT2D eigenvalue weighted by molar-refractivity contribution is 7.12. The Morgan fingerprint density at radius 2 is 1.86 bits per heavy atom. The molecule has 2 heterocycles. The second kappa shape index (κ2) is 10.2. The number of rotatable bonds is 8. The first-order valence-electron chi connectivity index (χ1n) is 9.60. The zero-order valence-corrected chi connectivity index (χ0v) is 17.0. The fraction of sp³-hybridized carbons (Fsp3) is 0.429. The predicted molar refractivity (Wildman–Crippen MR) is 111 cm³/mol. The van der Waals surface area contributed by atoms with Gasteiger partial charge in [-0.2, -0.15) is 0 Å². The summed E-state index contributed by atoms with van der Waals surface area (Å²) in [6, 6.07) is 11.6. The van der Waals surface area contributed by atoms with Crippen LogP contribution in [0.2, 0.25) is 0 Å². The molecule has 0 saturated carbocycles. The molecule has 0 aliphatic carbocycles. The van der Waals surface area contributed by atoms with Gasteiger partial charge in [-0.05, 0) is 35.6 Å². The number of methoxy groups -OCH3 is 1. The number of carbonyl (C=O) groups excluding carboxylic acids is 2. The summed E-state index contributed by atoms with van der Waals surface area (Å²) >= 11 is 1.49. The van der Waals surface area contributed by atoms with Gasteiger partial charge in [-0.15, -0.1) is 11.3 Å². The normalized spacial score (nSPS) is 14.7. The minimum absolute atomic E-state index is 0.0716. The molecule has 1 aromatic heterocycles. The van der Waals surface area contributed by atoms with Crippen molar-refractivity contribution in [3.63, 3.8) is 0 Å². The molecule has 1 aliphatic rings. The second-order valence-corrected chi connectivity index (χ2v) is 7.76. The Morgan fingerprint density at radius 3 is 2.50 bits per heavy atom. The number of hydrogen-bond donors (Lipinski definition) is 1. The molecular formula is C21H27N3O3S. The van der Waals surface area contributed by atoms with E-state index in [-0.39, 0.29) is 11.8 Å². The van der Waals surface area contributed by atoms with Crippen molar-refractivity contribution in [3.05, 3.63) is 52.2 Å². The molecule has 2 aromatic rings. The number of hydrogen-bond acceptors (Lipinski definition) is 5. The minimum atomic E-state index is 0.0716. The van der Waals surface area contributed by atoms with E-state index in [4.69, 9.17) is 4.74 Å². The topological polar surface area (TPSA) is 61.9 Å². The molecule has 150 valence electrons. The summed E-state index contributed by atoms with van der Waals surface area (Å²) < 4.78 is 5.14. The van der Waals surface area contributed by atoms with Crippen molar-refractivity contribution < 1.29 is 14.3 Å². The van der Waals surface area contributed by atoms with Crippen LogP contribution in [0.3, 0.4) is 0 Å². The molecule has 6 nitrogen and oxygen atoms in total. The highest BCUT2D eigenvalue weighted by atomic mass is 32.1. The van der Waals surface area contributed by atoms with Crippen LogP contribution >= 0.6 is 11.3 Å². The molecule has 0 unspecified atom stereocenters. The van der Waals surface area contributed by atoms with Crippen molar-refractivity contribution >= 4 is 23.2 Å². The molecule has 28 heavy (non-hydrogen) atoms. The summed E-state index contributed by atoms with van der Waals surface area (Å²) in [5.74, 6) is 1.02. The first kappa shape index (κ1) is 20.4. The zero-order chi connectivity index (χ0) is 19.8. The lowest BCUT2D eigenvalue weighted by Gasteiger charge is -2.34. The van der Waals surface area contributed by atoms with Gasteiger partial charge in [0.1, 0.15) is 5.75 Å². The van der Waals surface area contributed by atoms with E-state index in [1.807, 2.05) is 46.7 Å². The summed E-state index contributed by atoms with van der Waals surface area (Å²) in [7, 11) is 1.64. The molecule has 0 spiro atoms. The Morgan fingerprint density at radius 1 is 1.11 bits per heavy atom. The Labute approximate surface area is 170 Å². The van der Waals surface area contributed by atoms with Gasteiger partial charge in [-0.1, -0.05) is 18.2 Å². The summed E-state index contributed by atoms with van der Waals surface area (Å²) in [5, 5.41) is 4.93. The van der Waals surface area contributed by atoms with Gasteiger partial charge in [0.2, 0.25) is 5.91 Å². The molecule has 1 fully saturated rings. The highest BCUT2D eigenvalue weighted by Crippen LogP contribution is 2.14. The number of benzene rings is 1. The number of amides is 2. The maximum Gasteiger partial charge on any atom is 0.264 e. The summed E-state index contributed by atoms with van der Waals surface area (Å²) in [4.78, 5) is 29.4. The van der Waals surface area contributed by atoms with Crippen molar-refractivity contribution in [1.82, 2.24) is 15.1 Å². The standard InChI is InChI=1S/C21H27N3O3S/c1-27-18-7-4-17(5-8-18)6-9-20(25)22-10-11-23-12-14-24(15-13-23)21(26)19-3-2-16-28-19/h2-5,7-8,16H,6,9-15H2,1H3,(H,22,25). The van der Waals surface area contributed by atoms with E-state index in [1.54, 1.807) is 7.11 Å². The van der Waals surface area contributed by atoms with E-state index in [1.165, 1.54) is 11.3 Å². The number of carbonyl (C=O) groups is 2. The molecule has 0 radical (unpaired) electrons. The first-order valence-corrected chi connectivity index (χ1v) is 10.5. The van der Waals surface area contributed by atoms with Gasteiger partial charge in [0, 0.05) is 45.7 Å². The van der Waals surface area contributed by atoms with E-state index >= 15 is 0 Å². The molecule has 1 saturated heterocycles. The lowest BCUT2D eigenvalue weighted by molar-refractivity contribution is -0.121. The highest BCUT2D eigenvalue weighted by Gasteiger charge is 2.22. The third-order valence-corrected chi connectivity index (χ3v) is 5.80. The molecule has 7 heteroatoms. The van der Waals surface area contributed by atoms with E-state index in [9.17, 15) is 9.59 Å². The first-order chi connectivity index (χ1) is 13.7. The number of ether oxygens (including phenoxy) is 1. The van der Waals surface area contributed by atoms with Crippen LogP contribution in [0.25, 0.3) is 0 Å². The lowest BCUT2D eigenvalue weighted by atomic mass is 10.1. The average molecular weight is 402 g/mol. The average Bonchev–Trinajstić information content (AvgIpc) is 3.27.